The smallest absolute Gasteiger partial charge is 0.306 e. The molecule has 0 aromatic heterocycles. The van der Waals surface area contributed by atoms with Crippen LogP contribution in [0.5, 0.6) is 0 Å². The predicted molar refractivity (Wildman–Crippen MR) is 85.5 cm³/mol. The molecule has 0 spiro atoms. The van der Waals surface area contributed by atoms with Gasteiger partial charge >= 0.3 is 5.97 Å². The van der Waals surface area contributed by atoms with E-state index in [0.29, 0.717) is 12.8 Å². The average molecular weight is 303 g/mol. The van der Waals surface area contributed by atoms with Gasteiger partial charge < -0.3 is 10.4 Å². The molecule has 0 heterocycles. The van der Waals surface area contributed by atoms with Gasteiger partial charge in [-0.05, 0) is 30.7 Å². The Labute approximate surface area is 131 Å². The van der Waals surface area contributed by atoms with Crippen molar-refractivity contribution in [3.63, 3.8) is 0 Å². The molecule has 0 aliphatic heterocycles. The van der Waals surface area contributed by atoms with Crippen LogP contribution in [0.2, 0.25) is 0 Å². The van der Waals surface area contributed by atoms with Gasteiger partial charge in [-0.3, -0.25) is 9.59 Å². The Kier molecular flexibility index (Phi) is 5.58. The molecule has 1 aromatic carbocycles. The number of nitrogens with one attached hydrogen (secondary N) is 1. The van der Waals surface area contributed by atoms with E-state index in [-0.39, 0.29) is 29.7 Å². The fourth-order valence-electron chi connectivity index (χ4n) is 3.26. The molecule has 2 N–H and O–H groups in total. The van der Waals surface area contributed by atoms with E-state index in [2.05, 4.69) is 19.2 Å². The van der Waals surface area contributed by atoms with Crippen molar-refractivity contribution in [2.45, 2.75) is 51.5 Å². The summed E-state index contributed by atoms with van der Waals surface area (Å²) < 4.78 is 0. The Morgan fingerprint density at radius 2 is 1.95 bits per heavy atom. The molecule has 4 heteroatoms. The van der Waals surface area contributed by atoms with E-state index in [1.807, 2.05) is 30.3 Å². The zero-order valence-corrected chi connectivity index (χ0v) is 13.3. The average Bonchev–Trinajstić information content (AvgIpc) is 2.97. The van der Waals surface area contributed by atoms with E-state index in [9.17, 15) is 9.59 Å². The van der Waals surface area contributed by atoms with Crippen LogP contribution in [0.3, 0.4) is 0 Å². The normalized spacial score (nSPS) is 23.7. The Morgan fingerprint density at radius 1 is 1.27 bits per heavy atom. The highest BCUT2D eigenvalue weighted by molar-refractivity contribution is 5.84. The van der Waals surface area contributed by atoms with Crippen molar-refractivity contribution in [1.29, 1.82) is 0 Å². The van der Waals surface area contributed by atoms with E-state index in [1.165, 1.54) is 0 Å². The zero-order valence-electron chi connectivity index (χ0n) is 13.3. The Balaban J connectivity index is 2.06. The first-order valence-electron chi connectivity index (χ1n) is 8.11. The van der Waals surface area contributed by atoms with Crippen molar-refractivity contribution in [2.75, 3.05) is 0 Å². The van der Waals surface area contributed by atoms with Crippen LogP contribution in [0, 0.1) is 11.8 Å². The number of aliphatic carboxylic acids is 1. The number of amides is 1. The van der Waals surface area contributed by atoms with Crippen LogP contribution in [0.15, 0.2) is 30.3 Å². The van der Waals surface area contributed by atoms with Crippen molar-refractivity contribution >= 4 is 11.9 Å². The number of hydrogen-bond acceptors (Lipinski definition) is 2. The number of rotatable bonds is 6. The van der Waals surface area contributed by atoms with E-state index in [1.54, 1.807) is 0 Å². The third kappa shape index (κ3) is 3.87. The Morgan fingerprint density at radius 3 is 2.50 bits per heavy atom. The topological polar surface area (TPSA) is 66.4 Å². The van der Waals surface area contributed by atoms with Gasteiger partial charge in [-0.25, -0.2) is 0 Å². The minimum Gasteiger partial charge on any atom is -0.481 e. The van der Waals surface area contributed by atoms with Crippen LogP contribution in [-0.4, -0.2) is 23.0 Å². The second kappa shape index (κ2) is 7.43. The molecule has 4 atom stereocenters. The molecule has 1 fully saturated rings. The first kappa shape index (κ1) is 16.5. The number of carboxylic acid groups (broad SMARTS) is 1. The molecule has 1 amide bonds. The van der Waals surface area contributed by atoms with Crippen molar-refractivity contribution in [1.82, 2.24) is 5.32 Å². The van der Waals surface area contributed by atoms with Crippen molar-refractivity contribution in [3.8, 4) is 0 Å². The molecule has 0 saturated heterocycles. The van der Waals surface area contributed by atoms with Crippen LogP contribution < -0.4 is 5.32 Å². The highest BCUT2D eigenvalue weighted by atomic mass is 16.4. The SMILES string of the molecule is CCC(C)C(C(=O)N[C@@H]1CC[C@H](C(=O)O)C1)c1ccccc1. The molecule has 0 radical (unpaired) electrons. The Hall–Kier alpha value is -1.84. The maximum absolute atomic E-state index is 12.7. The highest BCUT2D eigenvalue weighted by Crippen LogP contribution is 2.30. The molecule has 1 saturated carbocycles. The maximum Gasteiger partial charge on any atom is 0.306 e. The van der Waals surface area contributed by atoms with Gasteiger partial charge in [0.25, 0.3) is 0 Å². The number of carbonyl (C=O) groups is 2. The summed E-state index contributed by atoms with van der Waals surface area (Å²) in [6, 6.07) is 9.82. The van der Waals surface area contributed by atoms with Crippen molar-refractivity contribution < 1.29 is 14.7 Å². The molecule has 22 heavy (non-hydrogen) atoms. The van der Waals surface area contributed by atoms with Gasteiger partial charge in [0.05, 0.1) is 11.8 Å². The molecular formula is C18H25NO3. The second-order valence-corrected chi connectivity index (χ2v) is 6.33. The van der Waals surface area contributed by atoms with E-state index in [4.69, 9.17) is 5.11 Å². The molecule has 1 aliphatic rings. The van der Waals surface area contributed by atoms with Gasteiger partial charge in [0.2, 0.25) is 5.91 Å². The lowest BCUT2D eigenvalue weighted by molar-refractivity contribution is -0.141. The van der Waals surface area contributed by atoms with Crippen molar-refractivity contribution in [2.24, 2.45) is 11.8 Å². The summed E-state index contributed by atoms with van der Waals surface area (Å²) in [5.74, 6) is -0.965. The molecule has 2 rings (SSSR count). The first-order chi connectivity index (χ1) is 10.5. The zero-order chi connectivity index (χ0) is 16.1. The minimum atomic E-state index is -0.752. The van der Waals surface area contributed by atoms with Gasteiger partial charge in [-0.1, -0.05) is 50.6 Å². The summed E-state index contributed by atoms with van der Waals surface area (Å²) in [7, 11) is 0. The predicted octanol–water partition coefficient (Wildman–Crippen LogP) is 3.19. The first-order valence-corrected chi connectivity index (χ1v) is 8.11. The number of carbonyl (C=O) groups excluding carboxylic acids is 1. The van der Waals surface area contributed by atoms with Crippen molar-refractivity contribution in [3.05, 3.63) is 35.9 Å². The molecule has 2 unspecified atom stereocenters. The molecule has 120 valence electrons. The largest absolute Gasteiger partial charge is 0.481 e. The number of carboxylic acids is 1. The van der Waals surface area contributed by atoms with E-state index in [0.717, 1.165) is 18.4 Å². The summed E-state index contributed by atoms with van der Waals surface area (Å²) in [4.78, 5) is 23.7. The van der Waals surface area contributed by atoms with E-state index >= 15 is 0 Å². The summed E-state index contributed by atoms with van der Waals surface area (Å²) in [5, 5.41) is 12.1. The maximum atomic E-state index is 12.7. The molecule has 1 aliphatic carbocycles. The van der Waals surface area contributed by atoms with Gasteiger partial charge in [0.15, 0.2) is 0 Å². The van der Waals surface area contributed by atoms with Gasteiger partial charge in [-0.15, -0.1) is 0 Å². The quantitative estimate of drug-likeness (QED) is 0.848. The molecule has 0 bridgehead atoms. The van der Waals surface area contributed by atoms with E-state index < -0.39 is 5.97 Å². The lowest BCUT2D eigenvalue weighted by Crippen LogP contribution is -2.38. The van der Waals surface area contributed by atoms with Crippen LogP contribution in [0.1, 0.15) is 51.0 Å². The van der Waals surface area contributed by atoms with Crippen LogP contribution >= 0.6 is 0 Å². The highest BCUT2D eigenvalue weighted by Gasteiger charge is 2.33. The summed E-state index contributed by atoms with van der Waals surface area (Å²) in [6.07, 6.45) is 2.88. The second-order valence-electron chi connectivity index (χ2n) is 6.33. The Bertz CT molecular complexity index is 514. The lowest BCUT2D eigenvalue weighted by Gasteiger charge is -2.25. The van der Waals surface area contributed by atoms with Gasteiger partial charge in [-0.2, -0.15) is 0 Å². The number of hydrogen-bond donors (Lipinski definition) is 2. The fourth-order valence-corrected chi connectivity index (χ4v) is 3.26. The molecule has 4 nitrogen and oxygen atoms in total. The number of benzene rings is 1. The lowest BCUT2D eigenvalue weighted by atomic mass is 9.84. The van der Waals surface area contributed by atoms with Gasteiger partial charge in [0, 0.05) is 6.04 Å². The summed E-state index contributed by atoms with van der Waals surface area (Å²) >= 11 is 0. The minimum absolute atomic E-state index is 0.0103. The fraction of sp³-hybridized carbons (Fsp3) is 0.556. The van der Waals surface area contributed by atoms with Crippen LogP contribution in [-0.2, 0) is 9.59 Å². The molecule has 1 aromatic rings. The van der Waals surface area contributed by atoms with Crippen LogP contribution in [0.4, 0.5) is 0 Å². The van der Waals surface area contributed by atoms with Crippen LogP contribution in [0.25, 0.3) is 0 Å². The standard InChI is InChI=1S/C18H25NO3/c1-3-12(2)16(13-7-5-4-6-8-13)17(20)19-15-10-9-14(11-15)18(21)22/h4-8,12,14-16H,3,9-11H2,1-2H3,(H,19,20)(H,21,22)/t12?,14-,15+,16?/m0/s1. The third-order valence-corrected chi connectivity index (χ3v) is 4.78. The summed E-state index contributed by atoms with van der Waals surface area (Å²) in [6.45, 7) is 4.18. The van der Waals surface area contributed by atoms with Gasteiger partial charge in [0.1, 0.15) is 0 Å². The monoisotopic (exact) mass is 303 g/mol. The summed E-state index contributed by atoms with van der Waals surface area (Å²) in [5.41, 5.74) is 1.03. The third-order valence-electron chi connectivity index (χ3n) is 4.78. The molecular weight excluding hydrogens is 278 g/mol.